The van der Waals surface area contributed by atoms with Crippen LogP contribution in [0.4, 0.5) is 0 Å². The van der Waals surface area contributed by atoms with E-state index in [0.717, 1.165) is 19.3 Å². The van der Waals surface area contributed by atoms with E-state index in [2.05, 4.69) is 13.8 Å². The van der Waals surface area contributed by atoms with Crippen molar-refractivity contribution in [3.8, 4) is 11.5 Å². The maximum atomic E-state index is 13.0. The van der Waals surface area contributed by atoms with E-state index >= 15 is 0 Å². The zero-order valence-electron chi connectivity index (χ0n) is 18.8. The van der Waals surface area contributed by atoms with Gasteiger partial charge in [-0.1, -0.05) is 13.8 Å². The van der Waals surface area contributed by atoms with Crippen molar-refractivity contribution < 1.29 is 23.9 Å². The summed E-state index contributed by atoms with van der Waals surface area (Å²) in [7, 11) is 1.56. The van der Waals surface area contributed by atoms with E-state index < -0.39 is 11.8 Å². The fourth-order valence-electron chi connectivity index (χ4n) is 3.81. The third kappa shape index (κ3) is 5.68. The Morgan fingerprint density at radius 3 is 2.03 bits per heavy atom. The van der Waals surface area contributed by atoms with Crippen LogP contribution in [0.1, 0.15) is 43.5 Å². The van der Waals surface area contributed by atoms with Crippen LogP contribution in [-0.2, 0) is 9.59 Å². The van der Waals surface area contributed by atoms with Crippen LogP contribution in [0.15, 0.2) is 18.2 Å². The molecule has 0 spiro atoms. The topological polar surface area (TPSA) is 79.4 Å². The molecule has 0 N–H and O–H groups in total. The Morgan fingerprint density at radius 2 is 1.45 bits per heavy atom. The predicted molar refractivity (Wildman–Crippen MR) is 116 cm³/mol. The molecule has 2 saturated heterocycles. The molecule has 0 atom stereocenters. The lowest BCUT2D eigenvalue weighted by Gasteiger charge is -2.35. The van der Waals surface area contributed by atoms with Crippen LogP contribution in [0.3, 0.4) is 0 Å². The number of ether oxygens (including phenoxy) is 2. The Labute approximate surface area is 184 Å². The molecule has 2 fully saturated rings. The SMILES string of the molecule is COc1cc(C(=O)N2CCN(C(=O)C(=O)N3CCCC3)CC2)ccc1OCCC(C)C. The number of hydrogen-bond donors (Lipinski definition) is 0. The average molecular weight is 432 g/mol. The second kappa shape index (κ2) is 10.5. The molecule has 1 aromatic carbocycles. The zero-order valence-corrected chi connectivity index (χ0v) is 18.8. The summed E-state index contributed by atoms with van der Waals surface area (Å²) in [5.74, 6) is 0.692. The highest BCUT2D eigenvalue weighted by atomic mass is 16.5. The summed E-state index contributed by atoms with van der Waals surface area (Å²) in [5.41, 5.74) is 0.515. The molecule has 2 aliphatic heterocycles. The van der Waals surface area contributed by atoms with Gasteiger partial charge in [0, 0.05) is 44.8 Å². The minimum absolute atomic E-state index is 0.120. The number of benzene rings is 1. The van der Waals surface area contributed by atoms with Crippen LogP contribution < -0.4 is 9.47 Å². The fourth-order valence-corrected chi connectivity index (χ4v) is 3.81. The molecule has 1 aromatic rings. The first-order chi connectivity index (χ1) is 14.9. The van der Waals surface area contributed by atoms with Crippen molar-refractivity contribution in [1.82, 2.24) is 14.7 Å². The number of carbonyl (C=O) groups is 3. The first kappa shape index (κ1) is 22.9. The number of nitrogens with zero attached hydrogens (tertiary/aromatic N) is 3. The Kier molecular flexibility index (Phi) is 7.76. The molecule has 3 rings (SSSR count). The van der Waals surface area contributed by atoms with Gasteiger partial charge in [-0.05, 0) is 43.4 Å². The third-order valence-corrected chi connectivity index (χ3v) is 5.79. The highest BCUT2D eigenvalue weighted by molar-refractivity contribution is 6.35. The van der Waals surface area contributed by atoms with Crippen molar-refractivity contribution in [3.63, 3.8) is 0 Å². The van der Waals surface area contributed by atoms with Crippen LogP contribution in [0.2, 0.25) is 0 Å². The van der Waals surface area contributed by atoms with Crippen molar-refractivity contribution >= 4 is 17.7 Å². The number of hydrogen-bond acceptors (Lipinski definition) is 5. The number of rotatable bonds is 6. The van der Waals surface area contributed by atoms with E-state index in [4.69, 9.17) is 9.47 Å². The Bertz CT molecular complexity index is 796. The van der Waals surface area contributed by atoms with Gasteiger partial charge < -0.3 is 24.2 Å². The molecule has 8 heteroatoms. The van der Waals surface area contributed by atoms with Crippen molar-refractivity contribution in [2.24, 2.45) is 5.92 Å². The molecule has 0 aliphatic carbocycles. The highest BCUT2D eigenvalue weighted by Crippen LogP contribution is 2.29. The van der Waals surface area contributed by atoms with Gasteiger partial charge in [-0.2, -0.15) is 0 Å². The Balaban J connectivity index is 1.56. The number of amides is 3. The predicted octanol–water partition coefficient (Wildman–Crippen LogP) is 2.03. The molecule has 3 amide bonds. The van der Waals surface area contributed by atoms with Gasteiger partial charge in [0.1, 0.15) is 0 Å². The molecule has 0 radical (unpaired) electrons. The summed E-state index contributed by atoms with van der Waals surface area (Å²) in [4.78, 5) is 42.6. The lowest BCUT2D eigenvalue weighted by atomic mass is 10.1. The van der Waals surface area contributed by atoms with E-state index in [-0.39, 0.29) is 5.91 Å². The summed E-state index contributed by atoms with van der Waals surface area (Å²) in [6, 6.07) is 5.20. The van der Waals surface area contributed by atoms with Gasteiger partial charge in [0.25, 0.3) is 5.91 Å². The maximum absolute atomic E-state index is 13.0. The summed E-state index contributed by atoms with van der Waals surface area (Å²) >= 11 is 0. The van der Waals surface area contributed by atoms with E-state index in [9.17, 15) is 14.4 Å². The summed E-state index contributed by atoms with van der Waals surface area (Å²) in [6.07, 6.45) is 2.84. The molecule has 0 unspecified atom stereocenters. The Morgan fingerprint density at radius 1 is 0.871 bits per heavy atom. The van der Waals surface area contributed by atoms with Gasteiger partial charge in [-0.3, -0.25) is 14.4 Å². The first-order valence-corrected chi connectivity index (χ1v) is 11.1. The second-order valence-corrected chi connectivity index (χ2v) is 8.48. The monoisotopic (exact) mass is 431 g/mol. The zero-order chi connectivity index (χ0) is 22.4. The second-order valence-electron chi connectivity index (χ2n) is 8.48. The van der Waals surface area contributed by atoms with Crippen molar-refractivity contribution in [2.45, 2.75) is 33.1 Å². The number of carbonyl (C=O) groups excluding carboxylic acids is 3. The fraction of sp³-hybridized carbons (Fsp3) is 0.609. The van der Waals surface area contributed by atoms with Crippen LogP contribution in [-0.4, -0.2) is 85.4 Å². The third-order valence-electron chi connectivity index (χ3n) is 5.79. The summed E-state index contributed by atoms with van der Waals surface area (Å²) < 4.78 is 11.2. The van der Waals surface area contributed by atoms with Crippen LogP contribution in [0.5, 0.6) is 11.5 Å². The van der Waals surface area contributed by atoms with Gasteiger partial charge in [-0.25, -0.2) is 0 Å². The summed E-state index contributed by atoms with van der Waals surface area (Å²) in [5, 5.41) is 0. The van der Waals surface area contributed by atoms with Crippen LogP contribution >= 0.6 is 0 Å². The van der Waals surface area contributed by atoms with Gasteiger partial charge in [0.15, 0.2) is 11.5 Å². The van der Waals surface area contributed by atoms with Gasteiger partial charge in [0.2, 0.25) is 0 Å². The normalized spacial score (nSPS) is 16.6. The smallest absolute Gasteiger partial charge is 0.312 e. The van der Waals surface area contributed by atoms with E-state index in [1.165, 1.54) is 0 Å². The molecule has 170 valence electrons. The molecule has 0 aromatic heterocycles. The van der Waals surface area contributed by atoms with Crippen molar-refractivity contribution in [3.05, 3.63) is 23.8 Å². The molecule has 0 bridgehead atoms. The number of methoxy groups -OCH3 is 1. The highest BCUT2D eigenvalue weighted by Gasteiger charge is 2.32. The van der Waals surface area contributed by atoms with Gasteiger partial charge in [0.05, 0.1) is 13.7 Å². The van der Waals surface area contributed by atoms with Crippen LogP contribution in [0, 0.1) is 5.92 Å². The molecule has 31 heavy (non-hydrogen) atoms. The largest absolute Gasteiger partial charge is 0.493 e. The molecule has 8 nitrogen and oxygen atoms in total. The minimum atomic E-state index is -0.460. The Hall–Kier alpha value is -2.77. The van der Waals surface area contributed by atoms with E-state index in [1.807, 2.05) is 0 Å². The van der Waals surface area contributed by atoms with E-state index in [1.54, 1.807) is 40.0 Å². The molecule has 2 aliphatic rings. The van der Waals surface area contributed by atoms with Crippen LogP contribution in [0.25, 0.3) is 0 Å². The first-order valence-electron chi connectivity index (χ1n) is 11.1. The number of likely N-dealkylation sites (tertiary alicyclic amines) is 1. The lowest BCUT2D eigenvalue weighted by molar-refractivity contribution is -0.152. The van der Waals surface area contributed by atoms with Gasteiger partial charge >= 0.3 is 11.8 Å². The molecule has 2 heterocycles. The molecular weight excluding hydrogens is 398 g/mol. The van der Waals surface area contributed by atoms with Crippen molar-refractivity contribution in [1.29, 1.82) is 0 Å². The van der Waals surface area contributed by atoms with Crippen molar-refractivity contribution in [2.75, 3.05) is 53.0 Å². The molecule has 0 saturated carbocycles. The standard InChI is InChI=1S/C23H33N3O5/c1-17(2)8-15-31-19-7-6-18(16-20(19)30-3)21(27)25-11-13-26(14-12-25)23(29)22(28)24-9-4-5-10-24/h6-7,16-17H,4-5,8-15H2,1-3H3. The van der Waals surface area contributed by atoms with E-state index in [0.29, 0.717) is 68.9 Å². The summed E-state index contributed by atoms with van der Waals surface area (Å²) in [6.45, 7) is 7.68. The molecular formula is C23H33N3O5. The minimum Gasteiger partial charge on any atom is -0.493 e. The lowest BCUT2D eigenvalue weighted by Crippen LogP contribution is -2.54. The number of piperazine rings is 1. The van der Waals surface area contributed by atoms with Gasteiger partial charge in [-0.15, -0.1) is 0 Å². The maximum Gasteiger partial charge on any atom is 0.312 e. The average Bonchev–Trinajstić information content (AvgIpc) is 3.32. The quantitative estimate of drug-likeness (QED) is 0.644.